The topological polar surface area (TPSA) is 77.8 Å². The standard InChI is InChI=1S/C2H5O.CH2O3.Na/c1-2-3;2-1(3)4;/h3H,1-2H2;(H2,2,3,4);/q-1;;+1. The van der Waals surface area contributed by atoms with Crippen molar-refractivity contribution in [2.45, 2.75) is 0 Å². The van der Waals surface area contributed by atoms with Gasteiger partial charge in [-0.3, -0.25) is 0 Å². The molecule has 0 saturated carbocycles. The predicted octanol–water partition coefficient (Wildman–Crippen LogP) is -2.96. The predicted molar refractivity (Wildman–Crippen MR) is 23.1 cm³/mol. The number of hydrogen-bond acceptors (Lipinski definition) is 2. The summed E-state index contributed by atoms with van der Waals surface area (Å²) in [7, 11) is 0. The molecule has 0 aliphatic carbocycles. The SMILES string of the molecule is O=C(O)O.[CH2-]CO.[Na+]. The van der Waals surface area contributed by atoms with Gasteiger partial charge in [0.2, 0.25) is 0 Å². The van der Waals surface area contributed by atoms with Gasteiger partial charge in [-0.25, -0.2) is 4.79 Å². The fourth-order valence-electron chi connectivity index (χ4n) is 0. The van der Waals surface area contributed by atoms with Crippen LogP contribution >= 0.6 is 0 Å². The minimum atomic E-state index is -1.83. The molecule has 0 amide bonds. The summed E-state index contributed by atoms with van der Waals surface area (Å²) in [5.74, 6) is 0. The molecule has 3 N–H and O–H groups in total. The van der Waals surface area contributed by atoms with Crippen LogP contribution in [0.25, 0.3) is 0 Å². The average molecular weight is 130 g/mol. The molecule has 0 aromatic rings. The van der Waals surface area contributed by atoms with Crippen LogP contribution in [0.1, 0.15) is 0 Å². The van der Waals surface area contributed by atoms with E-state index in [1.54, 1.807) is 0 Å². The first-order valence-electron chi connectivity index (χ1n) is 1.47. The number of hydrogen-bond donors (Lipinski definition) is 3. The molecule has 0 aliphatic rings. The minimum absolute atomic E-state index is 0. The molecule has 0 aromatic heterocycles. The van der Waals surface area contributed by atoms with Crippen LogP contribution in [0.5, 0.6) is 0 Å². The molecule has 4 nitrogen and oxygen atoms in total. The van der Waals surface area contributed by atoms with Crippen LogP contribution in [0.15, 0.2) is 0 Å². The summed E-state index contributed by atoms with van der Waals surface area (Å²) in [6, 6.07) is 0. The van der Waals surface area contributed by atoms with Gasteiger partial charge in [-0.2, -0.15) is 0 Å². The van der Waals surface area contributed by atoms with Crippen molar-refractivity contribution in [1.82, 2.24) is 0 Å². The van der Waals surface area contributed by atoms with Crippen LogP contribution in [0, 0.1) is 6.92 Å². The van der Waals surface area contributed by atoms with E-state index in [4.69, 9.17) is 20.1 Å². The van der Waals surface area contributed by atoms with E-state index in [1.807, 2.05) is 0 Å². The summed E-state index contributed by atoms with van der Waals surface area (Å²) < 4.78 is 0. The van der Waals surface area contributed by atoms with Crippen LogP contribution in [0.3, 0.4) is 0 Å². The van der Waals surface area contributed by atoms with E-state index in [0.717, 1.165) is 0 Å². The number of aliphatic hydroxyl groups excluding tert-OH is 1. The number of carbonyl (C=O) groups is 1. The Labute approximate surface area is 69.4 Å². The molecule has 0 radical (unpaired) electrons. The molecule has 0 aromatic carbocycles. The normalized spacial score (nSPS) is 5.25. The van der Waals surface area contributed by atoms with Crippen LogP contribution in [-0.2, 0) is 0 Å². The zero-order valence-electron chi connectivity index (χ0n) is 4.66. The fourth-order valence-corrected chi connectivity index (χ4v) is 0. The van der Waals surface area contributed by atoms with Crippen molar-refractivity contribution in [2.75, 3.05) is 6.61 Å². The number of rotatable bonds is 0. The number of aliphatic hydroxyl groups is 1. The molecule has 0 fully saturated rings. The van der Waals surface area contributed by atoms with Crippen molar-refractivity contribution in [3.63, 3.8) is 0 Å². The van der Waals surface area contributed by atoms with Gasteiger partial charge in [0.25, 0.3) is 0 Å². The van der Waals surface area contributed by atoms with E-state index >= 15 is 0 Å². The Balaban J connectivity index is -0.0000000575. The van der Waals surface area contributed by atoms with Gasteiger partial charge in [-0.1, -0.05) is 6.61 Å². The average Bonchev–Trinajstić information content (AvgIpc) is 1.33. The van der Waals surface area contributed by atoms with Crippen LogP contribution in [-0.4, -0.2) is 28.1 Å². The van der Waals surface area contributed by atoms with Gasteiger partial charge in [0.05, 0.1) is 0 Å². The van der Waals surface area contributed by atoms with Gasteiger partial charge >= 0.3 is 35.7 Å². The first-order chi connectivity index (χ1) is 3.15. The maximum Gasteiger partial charge on any atom is 1.00 e. The molecule has 0 spiro atoms. The Morgan fingerprint density at radius 2 is 1.50 bits per heavy atom. The molecular formula is C3H7NaO4. The van der Waals surface area contributed by atoms with Crippen LogP contribution in [0.4, 0.5) is 4.79 Å². The summed E-state index contributed by atoms with van der Waals surface area (Å²) in [4.78, 5) is 8.56. The third kappa shape index (κ3) is 3220. The summed E-state index contributed by atoms with van der Waals surface area (Å²) in [5.41, 5.74) is 0. The Hall–Kier alpha value is 0.230. The molecule has 0 saturated heterocycles. The fraction of sp³-hybridized carbons (Fsp3) is 0.333. The van der Waals surface area contributed by atoms with Crippen molar-refractivity contribution < 1.29 is 49.7 Å². The van der Waals surface area contributed by atoms with Gasteiger partial charge in [-0.15, -0.1) is 0 Å². The smallest absolute Gasteiger partial charge is 0.450 e. The van der Waals surface area contributed by atoms with Crippen molar-refractivity contribution in [2.24, 2.45) is 0 Å². The van der Waals surface area contributed by atoms with Crippen LogP contribution < -0.4 is 29.6 Å². The molecule has 0 heterocycles. The third-order valence-corrected chi connectivity index (χ3v) is 0. The molecule has 0 aliphatic heterocycles. The number of carboxylic acid groups (broad SMARTS) is 2. The van der Waals surface area contributed by atoms with Gasteiger partial charge in [0, 0.05) is 0 Å². The Bertz CT molecular complexity index is 42.5. The quantitative estimate of drug-likeness (QED) is 0.242. The molecule has 0 bridgehead atoms. The molecule has 0 rings (SSSR count). The van der Waals surface area contributed by atoms with E-state index < -0.39 is 6.16 Å². The summed E-state index contributed by atoms with van der Waals surface area (Å²) in [5, 5.41) is 21.4. The van der Waals surface area contributed by atoms with Crippen molar-refractivity contribution >= 4 is 6.16 Å². The summed E-state index contributed by atoms with van der Waals surface area (Å²) in [6.07, 6.45) is -1.83. The molecule has 5 heteroatoms. The Kier molecular flexibility index (Phi) is 30.8. The monoisotopic (exact) mass is 130 g/mol. The summed E-state index contributed by atoms with van der Waals surface area (Å²) >= 11 is 0. The maximum atomic E-state index is 8.56. The second-order valence-electron chi connectivity index (χ2n) is 0.506. The van der Waals surface area contributed by atoms with Gasteiger partial charge in [0.1, 0.15) is 0 Å². The first kappa shape index (κ1) is 15.7. The van der Waals surface area contributed by atoms with Gasteiger partial charge < -0.3 is 22.2 Å². The zero-order chi connectivity index (χ0) is 6.28. The van der Waals surface area contributed by atoms with Crippen LogP contribution in [0.2, 0.25) is 0 Å². The van der Waals surface area contributed by atoms with Crippen molar-refractivity contribution in [3.8, 4) is 0 Å². The molecule has 0 unspecified atom stereocenters. The third-order valence-electron chi connectivity index (χ3n) is 0. The second-order valence-corrected chi connectivity index (χ2v) is 0.506. The van der Waals surface area contributed by atoms with E-state index in [0.29, 0.717) is 0 Å². The zero-order valence-corrected chi connectivity index (χ0v) is 6.66. The molecule has 8 heavy (non-hydrogen) atoms. The first-order valence-corrected chi connectivity index (χ1v) is 1.47. The molecular weight excluding hydrogens is 123 g/mol. The maximum absolute atomic E-state index is 8.56. The minimum Gasteiger partial charge on any atom is -0.450 e. The Morgan fingerprint density at radius 1 is 1.50 bits per heavy atom. The van der Waals surface area contributed by atoms with Crippen molar-refractivity contribution in [3.05, 3.63) is 6.92 Å². The largest absolute Gasteiger partial charge is 1.00 e. The van der Waals surface area contributed by atoms with Crippen molar-refractivity contribution in [1.29, 1.82) is 0 Å². The second kappa shape index (κ2) is 15.7. The van der Waals surface area contributed by atoms with E-state index in [1.165, 1.54) is 0 Å². The van der Waals surface area contributed by atoms with E-state index in [2.05, 4.69) is 6.92 Å². The van der Waals surface area contributed by atoms with Gasteiger partial charge in [0.15, 0.2) is 0 Å². The molecule has 0 atom stereocenters. The Morgan fingerprint density at radius 3 is 1.50 bits per heavy atom. The summed E-state index contributed by atoms with van der Waals surface area (Å²) in [6.45, 7) is 3.04. The van der Waals surface area contributed by atoms with E-state index in [-0.39, 0.29) is 36.2 Å². The van der Waals surface area contributed by atoms with Gasteiger partial charge in [-0.05, 0) is 0 Å². The molecule has 44 valence electrons. The van der Waals surface area contributed by atoms with E-state index in [9.17, 15) is 0 Å².